The molecule has 3 heteroatoms. The Labute approximate surface area is 340 Å². The number of hydrogen-bond donors (Lipinski definition) is 0. The average Bonchev–Trinajstić information content (AvgIpc) is 3.93. The molecule has 2 nitrogen and oxygen atoms in total. The van der Waals surface area contributed by atoms with Crippen molar-refractivity contribution >= 4 is 81.3 Å². The number of benzene rings is 9. The van der Waals surface area contributed by atoms with Gasteiger partial charge in [0.1, 0.15) is 11.2 Å². The van der Waals surface area contributed by atoms with Gasteiger partial charge in [-0.15, -0.1) is 11.3 Å². The van der Waals surface area contributed by atoms with Gasteiger partial charge >= 0.3 is 0 Å². The lowest BCUT2D eigenvalue weighted by Gasteiger charge is -2.28. The summed E-state index contributed by atoms with van der Waals surface area (Å²) in [4.78, 5) is 2.45. The van der Waals surface area contributed by atoms with Crippen LogP contribution in [0.4, 0.5) is 17.1 Å². The third-order valence-electron chi connectivity index (χ3n) is 12.4. The standard InChI is InChI=1S/C55H37NOS/c1-55(2)46-22-7-5-17-42(46)43-21-10-20-40(53(43)55)35-27-30-37(31-28-35)56(47-23-12-26-50-52(47)44-18-6-8-25-49(44)58-50)38-15-9-14-36(33-38)39-19-11-24-48-51(39)45-32-29-34-13-3-4-16-41(34)54(45)57-48/h3-33H,1-2H3. The number of nitrogens with zero attached hydrogens (tertiary/aromatic N) is 1. The van der Waals surface area contributed by atoms with E-state index in [9.17, 15) is 0 Å². The van der Waals surface area contributed by atoms with E-state index < -0.39 is 0 Å². The molecule has 0 saturated heterocycles. The third-order valence-corrected chi connectivity index (χ3v) is 13.6. The van der Waals surface area contributed by atoms with Crippen molar-refractivity contribution in [2.45, 2.75) is 19.3 Å². The molecule has 1 aliphatic rings. The number of thiophene rings is 1. The molecule has 0 unspecified atom stereocenters. The molecular weight excluding hydrogens is 723 g/mol. The minimum absolute atomic E-state index is 0.0976. The van der Waals surface area contributed by atoms with Gasteiger partial charge in [-0.1, -0.05) is 147 Å². The molecule has 0 aliphatic heterocycles. The Balaban J connectivity index is 1.04. The second-order valence-electron chi connectivity index (χ2n) is 16.0. The van der Waals surface area contributed by atoms with Crippen molar-refractivity contribution in [2.75, 3.05) is 4.90 Å². The molecule has 9 aromatic carbocycles. The van der Waals surface area contributed by atoms with Gasteiger partial charge in [0, 0.05) is 53.1 Å². The van der Waals surface area contributed by atoms with Gasteiger partial charge in [-0.05, 0) is 104 Å². The van der Waals surface area contributed by atoms with Gasteiger partial charge in [-0.3, -0.25) is 0 Å². The van der Waals surface area contributed by atoms with Crippen molar-refractivity contribution < 1.29 is 4.42 Å². The van der Waals surface area contributed by atoms with Crippen molar-refractivity contribution in [3.8, 4) is 33.4 Å². The van der Waals surface area contributed by atoms with E-state index in [0.717, 1.165) is 55.5 Å². The number of rotatable bonds is 5. The van der Waals surface area contributed by atoms with Crippen LogP contribution in [0.3, 0.4) is 0 Å². The van der Waals surface area contributed by atoms with Gasteiger partial charge in [0.2, 0.25) is 0 Å². The molecule has 0 amide bonds. The average molecular weight is 760 g/mol. The van der Waals surface area contributed by atoms with Crippen LogP contribution in [0.15, 0.2) is 192 Å². The number of anilines is 3. The first-order chi connectivity index (χ1) is 28.5. The Hall–Kier alpha value is -6.94. The van der Waals surface area contributed by atoms with Gasteiger partial charge in [-0.25, -0.2) is 0 Å². The van der Waals surface area contributed by atoms with Crippen molar-refractivity contribution in [1.29, 1.82) is 0 Å². The molecule has 0 bridgehead atoms. The molecule has 0 fully saturated rings. The molecule has 0 saturated carbocycles. The van der Waals surface area contributed by atoms with E-state index >= 15 is 0 Å². The summed E-state index contributed by atoms with van der Waals surface area (Å²) in [6, 6.07) is 68.8. The van der Waals surface area contributed by atoms with E-state index in [1.807, 2.05) is 11.3 Å². The lowest BCUT2D eigenvalue weighted by molar-refractivity contribution is 0.662. The molecule has 58 heavy (non-hydrogen) atoms. The van der Waals surface area contributed by atoms with Crippen LogP contribution in [0.25, 0.3) is 86.3 Å². The van der Waals surface area contributed by atoms with Crippen molar-refractivity contribution in [2.24, 2.45) is 0 Å². The molecule has 12 rings (SSSR count). The SMILES string of the molecule is CC1(C)c2ccccc2-c2cccc(-c3ccc(N(c4cccc(-c5cccc6oc7c8ccccc8ccc7c56)c4)c4cccc5sc6ccccc6c45)cc3)c21. The predicted octanol–water partition coefficient (Wildman–Crippen LogP) is 16.2. The summed E-state index contributed by atoms with van der Waals surface area (Å²) in [6.45, 7) is 4.73. The number of fused-ring (bicyclic) bond motifs is 11. The van der Waals surface area contributed by atoms with Crippen molar-refractivity contribution in [3.63, 3.8) is 0 Å². The summed E-state index contributed by atoms with van der Waals surface area (Å²) >= 11 is 1.86. The maximum atomic E-state index is 6.62. The number of hydrogen-bond acceptors (Lipinski definition) is 3. The zero-order chi connectivity index (χ0) is 38.5. The fraction of sp³-hybridized carbons (Fsp3) is 0.0545. The fourth-order valence-electron chi connectivity index (χ4n) is 9.85. The summed E-state index contributed by atoms with van der Waals surface area (Å²) in [7, 11) is 0. The van der Waals surface area contributed by atoms with Gasteiger partial charge in [0.25, 0.3) is 0 Å². The van der Waals surface area contributed by atoms with Crippen LogP contribution >= 0.6 is 11.3 Å². The molecule has 0 atom stereocenters. The number of furan rings is 1. The third kappa shape index (κ3) is 4.84. The van der Waals surface area contributed by atoms with Gasteiger partial charge < -0.3 is 9.32 Å². The predicted molar refractivity (Wildman–Crippen MR) is 247 cm³/mol. The Morgan fingerprint density at radius 1 is 0.466 bits per heavy atom. The van der Waals surface area contributed by atoms with Crippen molar-refractivity contribution in [1.82, 2.24) is 0 Å². The highest BCUT2D eigenvalue weighted by atomic mass is 32.1. The van der Waals surface area contributed by atoms with E-state index in [2.05, 4.69) is 207 Å². The molecule has 1 aliphatic carbocycles. The fourth-order valence-corrected chi connectivity index (χ4v) is 11.0. The van der Waals surface area contributed by atoms with Crippen LogP contribution in [0, 0.1) is 0 Å². The minimum atomic E-state index is -0.0976. The van der Waals surface area contributed by atoms with Gasteiger partial charge in [-0.2, -0.15) is 0 Å². The second-order valence-corrected chi connectivity index (χ2v) is 17.1. The quantitative estimate of drug-likeness (QED) is 0.174. The zero-order valence-corrected chi connectivity index (χ0v) is 33.0. The molecule has 274 valence electrons. The minimum Gasteiger partial charge on any atom is -0.455 e. The Morgan fingerprint density at radius 2 is 1.17 bits per heavy atom. The van der Waals surface area contributed by atoms with Crippen LogP contribution in [0.1, 0.15) is 25.0 Å². The molecule has 2 aromatic heterocycles. The van der Waals surface area contributed by atoms with Crippen LogP contribution in [0.2, 0.25) is 0 Å². The maximum Gasteiger partial charge on any atom is 0.143 e. The first kappa shape index (κ1) is 33.2. The molecule has 0 radical (unpaired) electrons. The molecule has 11 aromatic rings. The van der Waals surface area contributed by atoms with E-state index in [4.69, 9.17) is 4.42 Å². The van der Waals surface area contributed by atoms with Gasteiger partial charge in [0.05, 0.1) is 5.69 Å². The Morgan fingerprint density at radius 3 is 2.09 bits per heavy atom. The van der Waals surface area contributed by atoms with Gasteiger partial charge in [0.15, 0.2) is 0 Å². The second kappa shape index (κ2) is 12.5. The van der Waals surface area contributed by atoms with Crippen LogP contribution < -0.4 is 4.90 Å². The summed E-state index contributed by atoms with van der Waals surface area (Å²) < 4.78 is 9.19. The topological polar surface area (TPSA) is 16.4 Å². The van der Waals surface area contributed by atoms with Crippen LogP contribution in [0.5, 0.6) is 0 Å². The van der Waals surface area contributed by atoms with E-state index in [0.29, 0.717) is 0 Å². The summed E-state index contributed by atoms with van der Waals surface area (Å²) in [5.74, 6) is 0. The van der Waals surface area contributed by atoms with Crippen molar-refractivity contribution in [3.05, 3.63) is 199 Å². The highest BCUT2D eigenvalue weighted by Gasteiger charge is 2.37. The first-order valence-corrected chi connectivity index (χ1v) is 20.8. The van der Waals surface area contributed by atoms with E-state index in [1.54, 1.807) is 0 Å². The normalized spacial score (nSPS) is 13.1. The Kier molecular flexibility index (Phi) is 7.18. The lowest BCUT2D eigenvalue weighted by Crippen LogP contribution is -2.16. The lowest BCUT2D eigenvalue weighted by atomic mass is 9.79. The largest absolute Gasteiger partial charge is 0.455 e. The molecule has 0 N–H and O–H groups in total. The highest BCUT2D eigenvalue weighted by Crippen LogP contribution is 2.53. The summed E-state index contributed by atoms with van der Waals surface area (Å²) in [5.41, 5.74) is 15.4. The molecular formula is C55H37NOS. The Bertz CT molecular complexity index is 3440. The van der Waals surface area contributed by atoms with E-state index in [-0.39, 0.29) is 5.41 Å². The monoisotopic (exact) mass is 759 g/mol. The molecule has 2 heterocycles. The van der Waals surface area contributed by atoms with Crippen LogP contribution in [-0.2, 0) is 5.41 Å². The highest BCUT2D eigenvalue weighted by molar-refractivity contribution is 7.26. The van der Waals surface area contributed by atoms with E-state index in [1.165, 1.54) is 58.9 Å². The summed E-state index contributed by atoms with van der Waals surface area (Å²) in [6.07, 6.45) is 0. The zero-order valence-electron chi connectivity index (χ0n) is 32.2. The maximum absolute atomic E-state index is 6.62. The molecule has 0 spiro atoms. The smallest absolute Gasteiger partial charge is 0.143 e. The first-order valence-electron chi connectivity index (χ1n) is 20.0. The van der Waals surface area contributed by atoms with Crippen LogP contribution in [-0.4, -0.2) is 0 Å². The summed E-state index contributed by atoms with van der Waals surface area (Å²) in [5, 5.41) is 7.14.